The van der Waals surface area contributed by atoms with Crippen LogP contribution in [0.5, 0.6) is 0 Å². The standard InChI is InChI=1S/C11H18N2/c1-4-7-12-11(10(2)3)13-8-5-6-9-13/h4,7H,2,5-6,8-9H2,1,3H3/b7-4-,12-11+. The van der Waals surface area contributed by atoms with Crippen LogP contribution < -0.4 is 0 Å². The Kier molecular flexibility index (Phi) is 3.74. The number of amidine groups is 1. The van der Waals surface area contributed by atoms with Gasteiger partial charge in [-0.25, -0.2) is 4.99 Å². The molecule has 0 radical (unpaired) electrons. The molecule has 0 aromatic rings. The number of hydrogen-bond donors (Lipinski definition) is 0. The van der Waals surface area contributed by atoms with Crippen molar-refractivity contribution in [1.29, 1.82) is 0 Å². The van der Waals surface area contributed by atoms with Crippen molar-refractivity contribution in [3.63, 3.8) is 0 Å². The van der Waals surface area contributed by atoms with Gasteiger partial charge in [0.25, 0.3) is 0 Å². The molecule has 1 aliphatic rings. The highest BCUT2D eigenvalue weighted by molar-refractivity contribution is 5.97. The molecule has 72 valence electrons. The maximum atomic E-state index is 4.39. The molecule has 1 aliphatic heterocycles. The van der Waals surface area contributed by atoms with E-state index < -0.39 is 0 Å². The predicted molar refractivity (Wildman–Crippen MR) is 57.9 cm³/mol. The van der Waals surface area contributed by atoms with E-state index in [9.17, 15) is 0 Å². The van der Waals surface area contributed by atoms with E-state index in [1.54, 1.807) is 0 Å². The topological polar surface area (TPSA) is 15.6 Å². The van der Waals surface area contributed by atoms with Gasteiger partial charge in [0, 0.05) is 19.3 Å². The normalized spacial score (nSPS) is 18.6. The summed E-state index contributed by atoms with van der Waals surface area (Å²) < 4.78 is 0. The fraction of sp³-hybridized carbons (Fsp3) is 0.545. The number of allylic oxidation sites excluding steroid dienone is 1. The zero-order valence-electron chi connectivity index (χ0n) is 8.58. The van der Waals surface area contributed by atoms with Gasteiger partial charge in [-0.2, -0.15) is 0 Å². The molecule has 0 bridgehead atoms. The van der Waals surface area contributed by atoms with Gasteiger partial charge in [-0.3, -0.25) is 0 Å². The number of rotatable bonds is 2. The molecule has 1 rings (SSSR count). The highest BCUT2D eigenvalue weighted by Crippen LogP contribution is 2.12. The Labute approximate surface area is 80.7 Å². The predicted octanol–water partition coefficient (Wildman–Crippen LogP) is 2.59. The van der Waals surface area contributed by atoms with E-state index in [2.05, 4.69) is 16.5 Å². The van der Waals surface area contributed by atoms with Crippen LogP contribution in [0.4, 0.5) is 0 Å². The lowest BCUT2D eigenvalue weighted by atomic mass is 10.3. The third kappa shape index (κ3) is 2.72. The number of likely N-dealkylation sites (tertiary alicyclic amines) is 1. The molecule has 13 heavy (non-hydrogen) atoms. The molecule has 0 N–H and O–H groups in total. The fourth-order valence-corrected chi connectivity index (χ4v) is 1.54. The highest BCUT2D eigenvalue weighted by atomic mass is 15.2. The summed E-state index contributed by atoms with van der Waals surface area (Å²) in [4.78, 5) is 6.69. The molecule has 0 aromatic heterocycles. The number of hydrogen-bond acceptors (Lipinski definition) is 1. The van der Waals surface area contributed by atoms with Gasteiger partial charge >= 0.3 is 0 Å². The SMILES string of the molecule is C=C(C)/C(=N\C=C/C)N1CCCC1. The van der Waals surface area contributed by atoms with Gasteiger partial charge in [0.05, 0.1) is 0 Å². The van der Waals surface area contributed by atoms with Crippen LogP contribution in [-0.2, 0) is 0 Å². The average Bonchev–Trinajstić information content (AvgIpc) is 2.57. The fourth-order valence-electron chi connectivity index (χ4n) is 1.54. The van der Waals surface area contributed by atoms with Crippen molar-refractivity contribution in [2.75, 3.05) is 13.1 Å². The monoisotopic (exact) mass is 178 g/mol. The molecular formula is C11H18N2. The van der Waals surface area contributed by atoms with Crippen LogP contribution >= 0.6 is 0 Å². The Morgan fingerprint density at radius 2 is 2.00 bits per heavy atom. The Balaban J connectivity index is 2.71. The minimum atomic E-state index is 1.05. The van der Waals surface area contributed by atoms with Gasteiger partial charge < -0.3 is 4.90 Å². The van der Waals surface area contributed by atoms with Gasteiger partial charge in [-0.1, -0.05) is 12.7 Å². The number of aliphatic imine (C=N–C) groups is 1. The van der Waals surface area contributed by atoms with E-state index in [0.717, 1.165) is 24.5 Å². The Morgan fingerprint density at radius 3 is 2.46 bits per heavy atom. The first kappa shape index (κ1) is 10.0. The van der Waals surface area contributed by atoms with Crippen molar-refractivity contribution in [2.45, 2.75) is 26.7 Å². The zero-order chi connectivity index (χ0) is 9.68. The quantitative estimate of drug-likeness (QED) is 0.469. The van der Waals surface area contributed by atoms with E-state index in [1.807, 2.05) is 26.1 Å². The molecule has 0 aliphatic carbocycles. The molecule has 0 spiro atoms. The summed E-state index contributed by atoms with van der Waals surface area (Å²) in [7, 11) is 0. The summed E-state index contributed by atoms with van der Waals surface area (Å²) >= 11 is 0. The lowest BCUT2D eigenvalue weighted by molar-refractivity contribution is 0.519. The molecule has 0 atom stereocenters. The van der Waals surface area contributed by atoms with Crippen molar-refractivity contribution in [3.05, 3.63) is 24.4 Å². The summed E-state index contributed by atoms with van der Waals surface area (Å²) in [5.41, 5.74) is 1.06. The minimum Gasteiger partial charge on any atom is -0.356 e. The van der Waals surface area contributed by atoms with E-state index in [0.29, 0.717) is 0 Å². The second-order valence-electron chi connectivity index (χ2n) is 3.41. The molecule has 0 aromatic carbocycles. The lowest BCUT2D eigenvalue weighted by Crippen LogP contribution is -2.28. The largest absolute Gasteiger partial charge is 0.356 e. The minimum absolute atomic E-state index is 1.05. The summed E-state index contributed by atoms with van der Waals surface area (Å²) in [6.07, 6.45) is 6.34. The third-order valence-electron chi connectivity index (χ3n) is 2.13. The molecule has 1 heterocycles. The van der Waals surface area contributed by atoms with Gasteiger partial charge in [0.1, 0.15) is 5.84 Å². The summed E-state index contributed by atoms with van der Waals surface area (Å²) in [5.74, 6) is 1.05. The van der Waals surface area contributed by atoms with E-state index in [1.165, 1.54) is 12.8 Å². The van der Waals surface area contributed by atoms with Crippen LogP contribution in [0.2, 0.25) is 0 Å². The number of nitrogens with zero attached hydrogens (tertiary/aromatic N) is 2. The highest BCUT2D eigenvalue weighted by Gasteiger charge is 2.15. The molecule has 0 saturated carbocycles. The molecule has 0 unspecified atom stereocenters. The first-order valence-electron chi connectivity index (χ1n) is 4.85. The van der Waals surface area contributed by atoms with Crippen molar-refractivity contribution >= 4 is 5.84 Å². The molecule has 0 amide bonds. The van der Waals surface area contributed by atoms with Crippen molar-refractivity contribution in [2.24, 2.45) is 4.99 Å². The van der Waals surface area contributed by atoms with Gasteiger partial charge in [-0.15, -0.1) is 0 Å². The van der Waals surface area contributed by atoms with Crippen LogP contribution in [0.25, 0.3) is 0 Å². The molecule has 1 fully saturated rings. The van der Waals surface area contributed by atoms with Crippen LogP contribution in [0.3, 0.4) is 0 Å². The zero-order valence-corrected chi connectivity index (χ0v) is 8.58. The van der Waals surface area contributed by atoms with Crippen LogP contribution in [0.1, 0.15) is 26.7 Å². The first-order valence-corrected chi connectivity index (χ1v) is 4.85. The Bertz CT molecular complexity index is 232. The summed E-state index contributed by atoms with van der Waals surface area (Å²) in [6.45, 7) is 10.2. The van der Waals surface area contributed by atoms with Gasteiger partial charge in [-0.05, 0) is 32.3 Å². The van der Waals surface area contributed by atoms with Gasteiger partial charge in [0.2, 0.25) is 0 Å². The van der Waals surface area contributed by atoms with Crippen LogP contribution in [-0.4, -0.2) is 23.8 Å². The third-order valence-corrected chi connectivity index (χ3v) is 2.13. The maximum Gasteiger partial charge on any atom is 0.130 e. The lowest BCUT2D eigenvalue weighted by Gasteiger charge is -2.19. The van der Waals surface area contributed by atoms with Crippen LogP contribution in [0.15, 0.2) is 29.4 Å². The summed E-state index contributed by atoms with van der Waals surface area (Å²) in [5, 5.41) is 0. The van der Waals surface area contributed by atoms with Crippen molar-refractivity contribution in [1.82, 2.24) is 4.90 Å². The molecule has 2 heteroatoms. The van der Waals surface area contributed by atoms with E-state index in [4.69, 9.17) is 0 Å². The van der Waals surface area contributed by atoms with Crippen LogP contribution in [0, 0.1) is 0 Å². The van der Waals surface area contributed by atoms with E-state index >= 15 is 0 Å². The summed E-state index contributed by atoms with van der Waals surface area (Å²) in [6, 6.07) is 0. The molecular weight excluding hydrogens is 160 g/mol. The Morgan fingerprint density at radius 1 is 1.38 bits per heavy atom. The first-order chi connectivity index (χ1) is 6.25. The molecule has 2 nitrogen and oxygen atoms in total. The van der Waals surface area contributed by atoms with Gasteiger partial charge in [0.15, 0.2) is 0 Å². The average molecular weight is 178 g/mol. The Hall–Kier alpha value is -1.05. The molecule has 1 saturated heterocycles. The smallest absolute Gasteiger partial charge is 0.130 e. The maximum absolute atomic E-state index is 4.39. The van der Waals surface area contributed by atoms with Crippen molar-refractivity contribution < 1.29 is 0 Å². The second-order valence-corrected chi connectivity index (χ2v) is 3.41. The van der Waals surface area contributed by atoms with E-state index in [-0.39, 0.29) is 0 Å². The van der Waals surface area contributed by atoms with Crippen molar-refractivity contribution in [3.8, 4) is 0 Å². The second kappa shape index (κ2) is 4.85.